The molecule has 114 valence electrons. The average molecular weight is 304 g/mol. The van der Waals surface area contributed by atoms with Crippen LogP contribution in [0.15, 0.2) is 30.3 Å². The van der Waals surface area contributed by atoms with Crippen molar-refractivity contribution < 1.29 is 0 Å². The Morgan fingerprint density at radius 2 is 1.81 bits per heavy atom. The van der Waals surface area contributed by atoms with Gasteiger partial charge in [-0.15, -0.1) is 0 Å². The minimum atomic E-state index is 0.292. The van der Waals surface area contributed by atoms with Crippen molar-refractivity contribution in [3.8, 4) is 0 Å². The second-order valence-electron chi connectivity index (χ2n) is 6.49. The van der Waals surface area contributed by atoms with Gasteiger partial charge >= 0.3 is 0 Å². The zero-order valence-electron chi connectivity index (χ0n) is 13.1. The largest absolute Gasteiger partial charge is 0.293 e. The molecule has 0 N–H and O–H groups in total. The van der Waals surface area contributed by atoms with Gasteiger partial charge in [-0.05, 0) is 55.5 Å². The van der Waals surface area contributed by atoms with Crippen molar-refractivity contribution in [2.24, 2.45) is 0 Å². The van der Waals surface area contributed by atoms with Crippen molar-refractivity contribution in [1.29, 1.82) is 0 Å². The fourth-order valence-corrected chi connectivity index (χ4v) is 4.40. The zero-order valence-corrected chi connectivity index (χ0v) is 13.8. The van der Waals surface area contributed by atoms with Crippen LogP contribution in [0.4, 0.5) is 0 Å². The van der Waals surface area contributed by atoms with Gasteiger partial charge in [0, 0.05) is 17.1 Å². The first-order valence-corrected chi connectivity index (χ1v) is 8.86. The molecule has 0 radical (unpaired) electrons. The van der Waals surface area contributed by atoms with Gasteiger partial charge in [0.15, 0.2) is 0 Å². The van der Waals surface area contributed by atoms with E-state index in [1.807, 2.05) is 12.1 Å². The van der Waals surface area contributed by atoms with E-state index in [-0.39, 0.29) is 0 Å². The first-order valence-electron chi connectivity index (χ1n) is 8.48. The van der Waals surface area contributed by atoms with Crippen LogP contribution in [0.2, 0.25) is 5.02 Å². The maximum Gasteiger partial charge on any atom is 0.0463 e. The van der Waals surface area contributed by atoms with Gasteiger partial charge in [-0.2, -0.15) is 0 Å². The smallest absolute Gasteiger partial charge is 0.0463 e. The number of hydrogen-bond acceptors (Lipinski definition) is 1. The van der Waals surface area contributed by atoms with Gasteiger partial charge in [0.05, 0.1) is 0 Å². The number of benzene rings is 1. The molecule has 2 heteroatoms. The highest BCUT2D eigenvalue weighted by Gasteiger charge is 2.42. The quantitative estimate of drug-likeness (QED) is 0.708. The summed E-state index contributed by atoms with van der Waals surface area (Å²) in [7, 11) is 0. The Bertz CT molecular complexity index is 497. The van der Waals surface area contributed by atoms with Crippen molar-refractivity contribution in [2.75, 3.05) is 13.1 Å². The van der Waals surface area contributed by atoms with E-state index in [1.54, 1.807) is 5.57 Å². The first kappa shape index (κ1) is 15.1. The fourth-order valence-electron chi connectivity index (χ4n) is 4.27. The SMILES string of the molecule is CCCN1CCC=C(c2ccc(Cl)cc2)C12CCCCC2. The van der Waals surface area contributed by atoms with E-state index >= 15 is 0 Å². The molecule has 21 heavy (non-hydrogen) atoms. The first-order chi connectivity index (χ1) is 10.3. The van der Waals surface area contributed by atoms with Gasteiger partial charge in [0.1, 0.15) is 0 Å². The highest BCUT2D eigenvalue weighted by Crippen LogP contribution is 2.46. The van der Waals surface area contributed by atoms with Gasteiger partial charge in [-0.3, -0.25) is 4.90 Å². The van der Waals surface area contributed by atoms with Crippen LogP contribution in [0.5, 0.6) is 0 Å². The Morgan fingerprint density at radius 1 is 1.10 bits per heavy atom. The highest BCUT2D eigenvalue weighted by molar-refractivity contribution is 6.30. The average Bonchev–Trinajstić information content (AvgIpc) is 2.52. The molecule has 3 rings (SSSR count). The van der Waals surface area contributed by atoms with E-state index in [2.05, 4.69) is 30.0 Å². The molecule has 0 unspecified atom stereocenters. The van der Waals surface area contributed by atoms with E-state index in [0.29, 0.717) is 5.54 Å². The maximum absolute atomic E-state index is 6.08. The lowest BCUT2D eigenvalue weighted by Crippen LogP contribution is -2.53. The van der Waals surface area contributed by atoms with Gasteiger partial charge in [-0.25, -0.2) is 0 Å². The second-order valence-corrected chi connectivity index (χ2v) is 6.93. The lowest BCUT2D eigenvalue weighted by Gasteiger charge is -2.50. The van der Waals surface area contributed by atoms with Crippen molar-refractivity contribution in [1.82, 2.24) is 4.90 Å². The van der Waals surface area contributed by atoms with E-state index in [4.69, 9.17) is 11.6 Å². The Hall–Kier alpha value is -0.790. The second kappa shape index (κ2) is 6.54. The molecule has 1 fully saturated rings. The summed E-state index contributed by atoms with van der Waals surface area (Å²) in [5, 5.41) is 0.832. The zero-order chi connectivity index (χ0) is 14.7. The number of rotatable bonds is 3. The van der Waals surface area contributed by atoms with Crippen LogP contribution in [0, 0.1) is 0 Å². The van der Waals surface area contributed by atoms with Crippen LogP contribution in [-0.2, 0) is 0 Å². The normalized spacial score (nSPS) is 22.3. The van der Waals surface area contributed by atoms with Gasteiger partial charge in [0.25, 0.3) is 0 Å². The Kier molecular flexibility index (Phi) is 4.71. The van der Waals surface area contributed by atoms with Crippen molar-refractivity contribution in [3.05, 3.63) is 40.9 Å². The molecule has 1 aromatic carbocycles. The predicted octanol–water partition coefficient (Wildman–Crippen LogP) is 5.54. The molecule has 0 saturated heterocycles. The molecule has 2 aliphatic rings. The lowest BCUT2D eigenvalue weighted by molar-refractivity contribution is 0.0947. The molecule has 0 amide bonds. The lowest BCUT2D eigenvalue weighted by atomic mass is 9.70. The molecule has 1 nitrogen and oxygen atoms in total. The summed E-state index contributed by atoms with van der Waals surface area (Å²) in [6.07, 6.45) is 11.7. The fraction of sp³-hybridized carbons (Fsp3) is 0.579. The van der Waals surface area contributed by atoms with Crippen LogP contribution >= 0.6 is 11.6 Å². The molecule has 0 atom stereocenters. The summed E-state index contributed by atoms with van der Waals surface area (Å²) in [5.74, 6) is 0. The molecule has 1 spiro atoms. The summed E-state index contributed by atoms with van der Waals surface area (Å²) in [4.78, 5) is 2.77. The summed E-state index contributed by atoms with van der Waals surface area (Å²) in [5.41, 5.74) is 3.24. The summed E-state index contributed by atoms with van der Waals surface area (Å²) in [6, 6.07) is 8.49. The molecule has 1 aromatic rings. The Labute approximate surface area is 134 Å². The monoisotopic (exact) mass is 303 g/mol. The third kappa shape index (κ3) is 2.91. The minimum Gasteiger partial charge on any atom is -0.293 e. The van der Waals surface area contributed by atoms with Crippen molar-refractivity contribution in [2.45, 2.75) is 57.4 Å². The Morgan fingerprint density at radius 3 is 2.48 bits per heavy atom. The topological polar surface area (TPSA) is 3.24 Å². The third-order valence-electron chi connectivity index (χ3n) is 5.18. The number of halogens is 1. The van der Waals surface area contributed by atoms with E-state index in [0.717, 1.165) is 5.02 Å². The Balaban J connectivity index is 1.99. The molecular weight excluding hydrogens is 278 g/mol. The number of hydrogen-bond donors (Lipinski definition) is 0. The summed E-state index contributed by atoms with van der Waals surface area (Å²) in [6.45, 7) is 4.76. The minimum absolute atomic E-state index is 0.292. The van der Waals surface area contributed by atoms with Gasteiger partial charge in [0.2, 0.25) is 0 Å². The van der Waals surface area contributed by atoms with Crippen LogP contribution in [-0.4, -0.2) is 23.5 Å². The highest BCUT2D eigenvalue weighted by atomic mass is 35.5. The predicted molar refractivity (Wildman–Crippen MR) is 91.7 cm³/mol. The summed E-state index contributed by atoms with van der Waals surface area (Å²) < 4.78 is 0. The van der Waals surface area contributed by atoms with Crippen LogP contribution in [0.3, 0.4) is 0 Å². The maximum atomic E-state index is 6.08. The molecule has 0 aromatic heterocycles. The standard InChI is InChI=1S/C19H26ClN/c1-2-14-21-15-6-7-18(16-8-10-17(20)11-9-16)19(21)12-4-3-5-13-19/h7-11H,2-6,12-15H2,1H3. The van der Waals surface area contributed by atoms with Gasteiger partial charge < -0.3 is 0 Å². The molecular formula is C19H26ClN. The third-order valence-corrected chi connectivity index (χ3v) is 5.44. The van der Waals surface area contributed by atoms with Crippen molar-refractivity contribution >= 4 is 17.2 Å². The van der Waals surface area contributed by atoms with E-state index < -0.39 is 0 Å². The van der Waals surface area contributed by atoms with Gasteiger partial charge in [-0.1, -0.05) is 56.0 Å². The van der Waals surface area contributed by atoms with E-state index in [9.17, 15) is 0 Å². The molecule has 1 aliphatic carbocycles. The van der Waals surface area contributed by atoms with Crippen LogP contribution in [0.25, 0.3) is 5.57 Å². The molecule has 0 bridgehead atoms. The van der Waals surface area contributed by atoms with E-state index in [1.165, 1.54) is 63.6 Å². The molecule has 1 aliphatic heterocycles. The van der Waals surface area contributed by atoms with Crippen molar-refractivity contribution in [3.63, 3.8) is 0 Å². The number of nitrogens with zero attached hydrogens (tertiary/aromatic N) is 1. The summed E-state index contributed by atoms with van der Waals surface area (Å²) >= 11 is 6.08. The van der Waals surface area contributed by atoms with Crippen LogP contribution < -0.4 is 0 Å². The van der Waals surface area contributed by atoms with Crippen LogP contribution in [0.1, 0.15) is 57.4 Å². The molecule has 1 saturated carbocycles. The molecule has 1 heterocycles.